The van der Waals surface area contributed by atoms with Crippen molar-refractivity contribution in [1.82, 2.24) is 10.2 Å². The molecule has 0 atom stereocenters. The molecule has 0 unspecified atom stereocenters. The van der Waals surface area contributed by atoms with Crippen molar-refractivity contribution in [1.29, 1.82) is 0 Å². The number of nitrogens with one attached hydrogen (secondary N) is 1. The van der Waals surface area contributed by atoms with Crippen LogP contribution in [0.3, 0.4) is 0 Å². The number of likely N-dealkylation sites (N-methyl/N-ethyl adjacent to an activating group) is 1. The number of rotatable bonds is 9. The maximum absolute atomic E-state index is 4.93. The van der Waals surface area contributed by atoms with E-state index in [1.54, 1.807) is 7.11 Å². The van der Waals surface area contributed by atoms with E-state index in [-0.39, 0.29) is 0 Å². The maximum atomic E-state index is 4.93. The van der Waals surface area contributed by atoms with Crippen LogP contribution in [0.2, 0.25) is 0 Å². The Morgan fingerprint density at radius 1 is 1.31 bits per heavy atom. The van der Waals surface area contributed by atoms with Crippen LogP contribution in [-0.4, -0.2) is 63.9 Å². The summed E-state index contributed by atoms with van der Waals surface area (Å²) in [7, 11) is 3.89. The molecule has 0 rings (SSSR count). The second kappa shape index (κ2) is 10.3. The lowest BCUT2D eigenvalue weighted by atomic mass is 10.5. The first-order chi connectivity index (χ1) is 6.31. The molecule has 0 aromatic rings. The van der Waals surface area contributed by atoms with Gasteiger partial charge in [-0.1, -0.05) is 0 Å². The molecular formula is C9H22N2OS. The predicted octanol–water partition coefficient (Wildman–Crippen LogP) is 0.517. The van der Waals surface area contributed by atoms with Gasteiger partial charge in [0.15, 0.2) is 0 Å². The summed E-state index contributed by atoms with van der Waals surface area (Å²) in [6.07, 6.45) is 2.14. The first-order valence-electron chi connectivity index (χ1n) is 4.68. The Morgan fingerprint density at radius 3 is 2.69 bits per heavy atom. The third-order valence-electron chi connectivity index (χ3n) is 1.83. The molecule has 0 aliphatic rings. The Hall–Kier alpha value is 0.230. The zero-order valence-electron chi connectivity index (χ0n) is 9.01. The van der Waals surface area contributed by atoms with E-state index < -0.39 is 0 Å². The average Bonchev–Trinajstić information content (AvgIpc) is 2.14. The number of hydrogen-bond acceptors (Lipinski definition) is 4. The summed E-state index contributed by atoms with van der Waals surface area (Å²) in [6.45, 7) is 5.09. The van der Waals surface area contributed by atoms with Crippen LogP contribution < -0.4 is 5.32 Å². The first kappa shape index (κ1) is 13.2. The Balaban J connectivity index is 3.03. The molecule has 0 fully saturated rings. The second-order valence-electron chi connectivity index (χ2n) is 3.04. The molecule has 0 bridgehead atoms. The Morgan fingerprint density at radius 2 is 2.08 bits per heavy atom. The highest BCUT2D eigenvalue weighted by Gasteiger charge is 1.95. The largest absolute Gasteiger partial charge is 0.383 e. The first-order valence-corrected chi connectivity index (χ1v) is 6.07. The molecule has 80 valence electrons. The van der Waals surface area contributed by atoms with Crippen molar-refractivity contribution < 1.29 is 4.74 Å². The van der Waals surface area contributed by atoms with Crippen molar-refractivity contribution in [3.05, 3.63) is 0 Å². The fraction of sp³-hybridized carbons (Fsp3) is 1.00. The number of hydrogen-bond donors (Lipinski definition) is 1. The van der Waals surface area contributed by atoms with Gasteiger partial charge in [0.05, 0.1) is 6.61 Å². The van der Waals surface area contributed by atoms with Gasteiger partial charge in [-0.25, -0.2) is 0 Å². The smallest absolute Gasteiger partial charge is 0.0587 e. The second-order valence-corrected chi connectivity index (χ2v) is 4.02. The van der Waals surface area contributed by atoms with Gasteiger partial charge in [-0.3, -0.25) is 0 Å². The molecule has 0 heterocycles. The maximum Gasteiger partial charge on any atom is 0.0587 e. The number of nitrogens with zero attached hydrogens (tertiary/aromatic N) is 1. The Bertz CT molecular complexity index is 104. The minimum absolute atomic E-state index is 0.800. The summed E-state index contributed by atoms with van der Waals surface area (Å²) in [4.78, 5) is 2.34. The highest BCUT2D eigenvalue weighted by atomic mass is 32.2. The van der Waals surface area contributed by atoms with Crippen molar-refractivity contribution in [3.63, 3.8) is 0 Å². The molecule has 4 heteroatoms. The monoisotopic (exact) mass is 206 g/mol. The number of thioether (sulfide) groups is 1. The lowest BCUT2D eigenvalue weighted by Gasteiger charge is -2.15. The van der Waals surface area contributed by atoms with Crippen LogP contribution in [-0.2, 0) is 4.74 Å². The summed E-state index contributed by atoms with van der Waals surface area (Å²) in [5.41, 5.74) is 0. The summed E-state index contributed by atoms with van der Waals surface area (Å²) < 4.78 is 4.93. The van der Waals surface area contributed by atoms with Crippen LogP contribution in [0.5, 0.6) is 0 Å². The van der Waals surface area contributed by atoms with Gasteiger partial charge >= 0.3 is 0 Å². The van der Waals surface area contributed by atoms with Gasteiger partial charge in [0.1, 0.15) is 0 Å². The number of methoxy groups -OCH3 is 1. The Kier molecular flexibility index (Phi) is 10.5. The highest BCUT2D eigenvalue weighted by molar-refractivity contribution is 7.98. The van der Waals surface area contributed by atoms with Gasteiger partial charge in [0, 0.05) is 39.0 Å². The molecule has 0 saturated carbocycles. The fourth-order valence-corrected chi connectivity index (χ4v) is 1.42. The predicted molar refractivity (Wildman–Crippen MR) is 60.6 cm³/mol. The zero-order valence-corrected chi connectivity index (χ0v) is 9.82. The van der Waals surface area contributed by atoms with E-state index in [9.17, 15) is 0 Å². The van der Waals surface area contributed by atoms with E-state index in [2.05, 4.69) is 23.5 Å². The van der Waals surface area contributed by atoms with Crippen LogP contribution in [0, 0.1) is 0 Å². The molecular weight excluding hydrogens is 184 g/mol. The molecule has 13 heavy (non-hydrogen) atoms. The van der Waals surface area contributed by atoms with Crippen molar-refractivity contribution in [2.75, 3.05) is 59.0 Å². The number of ether oxygens (including phenoxy) is 1. The van der Waals surface area contributed by atoms with E-state index in [0.29, 0.717) is 0 Å². The highest BCUT2D eigenvalue weighted by Crippen LogP contribution is 1.91. The van der Waals surface area contributed by atoms with E-state index >= 15 is 0 Å². The standard InChI is InChI=1S/C9H22N2OS/c1-11(7-9-13-3)6-4-10-5-8-12-2/h10H,4-9H2,1-3H3. The third-order valence-corrected chi connectivity index (χ3v) is 2.42. The molecule has 0 spiro atoms. The van der Waals surface area contributed by atoms with Crippen LogP contribution >= 0.6 is 11.8 Å². The van der Waals surface area contributed by atoms with Crippen LogP contribution in [0.1, 0.15) is 0 Å². The molecule has 0 aliphatic carbocycles. The van der Waals surface area contributed by atoms with E-state index in [1.807, 2.05) is 11.8 Å². The quantitative estimate of drug-likeness (QED) is 0.556. The van der Waals surface area contributed by atoms with Gasteiger partial charge in [-0.15, -0.1) is 0 Å². The SMILES string of the molecule is COCCNCCN(C)CCSC. The Labute approximate surface area is 86.2 Å². The third kappa shape index (κ3) is 10.1. The van der Waals surface area contributed by atoms with E-state index in [0.717, 1.165) is 26.2 Å². The summed E-state index contributed by atoms with van der Waals surface area (Å²) in [5.74, 6) is 1.22. The lowest BCUT2D eigenvalue weighted by molar-refractivity contribution is 0.198. The summed E-state index contributed by atoms with van der Waals surface area (Å²) in [6, 6.07) is 0. The lowest BCUT2D eigenvalue weighted by Crippen LogP contribution is -2.32. The summed E-state index contributed by atoms with van der Waals surface area (Å²) >= 11 is 1.90. The molecule has 1 N–H and O–H groups in total. The van der Waals surface area contributed by atoms with Crippen LogP contribution in [0.4, 0.5) is 0 Å². The zero-order chi connectivity index (χ0) is 9.94. The van der Waals surface area contributed by atoms with Crippen LogP contribution in [0.15, 0.2) is 0 Å². The van der Waals surface area contributed by atoms with Gasteiger partial charge in [0.2, 0.25) is 0 Å². The molecule has 0 aliphatic heterocycles. The van der Waals surface area contributed by atoms with Gasteiger partial charge in [0.25, 0.3) is 0 Å². The fourth-order valence-electron chi connectivity index (χ4n) is 0.928. The van der Waals surface area contributed by atoms with Crippen molar-refractivity contribution in [3.8, 4) is 0 Å². The van der Waals surface area contributed by atoms with Gasteiger partial charge in [-0.2, -0.15) is 11.8 Å². The van der Waals surface area contributed by atoms with E-state index in [4.69, 9.17) is 4.74 Å². The van der Waals surface area contributed by atoms with Crippen molar-refractivity contribution in [2.45, 2.75) is 0 Å². The molecule has 0 saturated heterocycles. The molecule has 0 amide bonds. The summed E-state index contributed by atoms with van der Waals surface area (Å²) in [5, 5.41) is 3.32. The minimum Gasteiger partial charge on any atom is -0.383 e. The van der Waals surface area contributed by atoms with Gasteiger partial charge < -0.3 is 15.0 Å². The van der Waals surface area contributed by atoms with Crippen molar-refractivity contribution in [2.24, 2.45) is 0 Å². The van der Waals surface area contributed by atoms with E-state index in [1.165, 1.54) is 12.3 Å². The molecule has 3 nitrogen and oxygen atoms in total. The van der Waals surface area contributed by atoms with Gasteiger partial charge in [-0.05, 0) is 13.3 Å². The minimum atomic E-state index is 0.800. The topological polar surface area (TPSA) is 24.5 Å². The van der Waals surface area contributed by atoms with Crippen molar-refractivity contribution >= 4 is 11.8 Å². The van der Waals surface area contributed by atoms with Crippen LogP contribution in [0.25, 0.3) is 0 Å². The molecule has 0 aromatic carbocycles. The molecule has 0 aromatic heterocycles. The average molecular weight is 206 g/mol. The normalized spacial score (nSPS) is 11.1. The molecule has 0 radical (unpaired) electrons.